The molecule has 0 unspecified atom stereocenters. The third kappa shape index (κ3) is 5.96. The summed E-state index contributed by atoms with van der Waals surface area (Å²) >= 11 is 0. The van der Waals surface area contributed by atoms with Crippen molar-refractivity contribution < 1.29 is 14.7 Å². The van der Waals surface area contributed by atoms with Crippen molar-refractivity contribution >= 4 is 11.9 Å². The van der Waals surface area contributed by atoms with E-state index in [4.69, 9.17) is 5.11 Å². The Bertz CT molecular complexity index is 430. The predicted molar refractivity (Wildman–Crippen MR) is 67.8 cm³/mol. The summed E-state index contributed by atoms with van der Waals surface area (Å²) in [5, 5.41) is 18.4. The molecule has 0 radical (unpaired) electrons. The Labute approximate surface area is 111 Å². The van der Waals surface area contributed by atoms with Crippen molar-refractivity contribution in [2.45, 2.75) is 19.4 Å². The molecule has 8 nitrogen and oxygen atoms in total. The molecule has 8 heteroatoms. The highest BCUT2D eigenvalue weighted by molar-refractivity contribution is 5.84. The molecule has 0 saturated carbocycles. The van der Waals surface area contributed by atoms with E-state index < -0.39 is 5.97 Å². The van der Waals surface area contributed by atoms with Crippen LogP contribution in [0.2, 0.25) is 0 Å². The molecule has 19 heavy (non-hydrogen) atoms. The van der Waals surface area contributed by atoms with E-state index in [1.165, 1.54) is 10.9 Å². The SMILES string of the molecule is CN(C)CCCCNC(=O)Cn1cc(C(=O)O)nn1. The van der Waals surface area contributed by atoms with Crippen LogP contribution in [-0.4, -0.2) is 64.1 Å². The smallest absolute Gasteiger partial charge is 0.358 e. The normalized spacial score (nSPS) is 10.7. The molecular weight excluding hydrogens is 250 g/mol. The largest absolute Gasteiger partial charge is 0.476 e. The Balaban J connectivity index is 2.21. The lowest BCUT2D eigenvalue weighted by Crippen LogP contribution is -2.29. The van der Waals surface area contributed by atoms with E-state index in [-0.39, 0.29) is 18.1 Å². The fraction of sp³-hybridized carbons (Fsp3) is 0.636. The van der Waals surface area contributed by atoms with Crippen molar-refractivity contribution in [3.8, 4) is 0 Å². The Morgan fingerprint density at radius 1 is 1.42 bits per heavy atom. The number of nitrogens with zero attached hydrogens (tertiary/aromatic N) is 4. The molecule has 0 aromatic carbocycles. The van der Waals surface area contributed by atoms with Gasteiger partial charge in [-0.1, -0.05) is 5.21 Å². The summed E-state index contributed by atoms with van der Waals surface area (Å²) in [5.74, 6) is -1.36. The molecule has 1 amide bonds. The van der Waals surface area contributed by atoms with E-state index in [9.17, 15) is 9.59 Å². The Kier molecular flexibility index (Phi) is 5.94. The molecule has 0 bridgehead atoms. The van der Waals surface area contributed by atoms with E-state index in [1.54, 1.807) is 0 Å². The lowest BCUT2D eigenvalue weighted by atomic mass is 10.3. The molecule has 0 aliphatic heterocycles. The third-order valence-electron chi connectivity index (χ3n) is 2.42. The molecule has 0 aliphatic rings. The first-order valence-corrected chi connectivity index (χ1v) is 6.04. The van der Waals surface area contributed by atoms with Crippen LogP contribution in [0.1, 0.15) is 23.3 Å². The highest BCUT2D eigenvalue weighted by Gasteiger charge is 2.10. The number of carbonyl (C=O) groups is 2. The van der Waals surface area contributed by atoms with Gasteiger partial charge in [-0.3, -0.25) is 4.79 Å². The Morgan fingerprint density at radius 3 is 2.74 bits per heavy atom. The first-order chi connectivity index (χ1) is 8.99. The molecule has 1 aromatic rings. The van der Waals surface area contributed by atoms with Crippen molar-refractivity contribution in [1.29, 1.82) is 0 Å². The van der Waals surface area contributed by atoms with Crippen molar-refractivity contribution in [2.75, 3.05) is 27.2 Å². The first-order valence-electron chi connectivity index (χ1n) is 6.04. The number of nitrogens with one attached hydrogen (secondary N) is 1. The number of carboxylic acid groups (broad SMARTS) is 1. The molecule has 0 atom stereocenters. The number of aromatic carboxylic acids is 1. The van der Waals surface area contributed by atoms with E-state index in [2.05, 4.69) is 20.5 Å². The average molecular weight is 269 g/mol. The zero-order valence-electron chi connectivity index (χ0n) is 11.2. The lowest BCUT2D eigenvalue weighted by Gasteiger charge is -2.09. The van der Waals surface area contributed by atoms with Gasteiger partial charge in [0.1, 0.15) is 6.54 Å². The molecule has 1 aromatic heterocycles. The minimum absolute atomic E-state index is 0.0199. The summed E-state index contributed by atoms with van der Waals surface area (Å²) in [6, 6.07) is 0. The van der Waals surface area contributed by atoms with Crippen LogP contribution < -0.4 is 5.32 Å². The molecule has 0 saturated heterocycles. The maximum Gasteiger partial charge on any atom is 0.358 e. The summed E-state index contributed by atoms with van der Waals surface area (Å²) in [7, 11) is 4.01. The molecule has 0 spiro atoms. The van der Waals surface area contributed by atoms with Gasteiger partial charge in [0.25, 0.3) is 0 Å². The minimum atomic E-state index is -1.16. The standard InChI is InChI=1S/C11H19N5O3/c1-15(2)6-4-3-5-12-10(17)8-16-7-9(11(18)19)13-14-16/h7H,3-6,8H2,1-2H3,(H,12,17)(H,18,19). The van der Waals surface area contributed by atoms with Crippen LogP contribution in [-0.2, 0) is 11.3 Å². The maximum atomic E-state index is 11.5. The van der Waals surface area contributed by atoms with Gasteiger partial charge in [0.05, 0.1) is 6.20 Å². The fourth-order valence-corrected chi connectivity index (χ4v) is 1.46. The van der Waals surface area contributed by atoms with Crippen molar-refractivity contribution in [2.24, 2.45) is 0 Å². The van der Waals surface area contributed by atoms with Crippen molar-refractivity contribution in [3.05, 3.63) is 11.9 Å². The van der Waals surface area contributed by atoms with Crippen LogP contribution in [0.25, 0.3) is 0 Å². The van der Waals surface area contributed by atoms with Crippen molar-refractivity contribution in [1.82, 2.24) is 25.2 Å². The highest BCUT2D eigenvalue weighted by Crippen LogP contribution is 1.93. The Hall–Kier alpha value is -1.96. The van der Waals surface area contributed by atoms with Crippen LogP contribution in [0.15, 0.2) is 6.20 Å². The number of rotatable bonds is 8. The van der Waals surface area contributed by atoms with Gasteiger partial charge >= 0.3 is 5.97 Å². The molecule has 1 heterocycles. The van der Waals surface area contributed by atoms with Gasteiger partial charge < -0.3 is 15.3 Å². The zero-order valence-corrected chi connectivity index (χ0v) is 11.2. The molecule has 0 aliphatic carbocycles. The van der Waals surface area contributed by atoms with Gasteiger partial charge in [0.2, 0.25) is 5.91 Å². The van der Waals surface area contributed by atoms with Gasteiger partial charge in [-0.05, 0) is 33.5 Å². The van der Waals surface area contributed by atoms with Crippen LogP contribution in [0.4, 0.5) is 0 Å². The fourth-order valence-electron chi connectivity index (χ4n) is 1.46. The van der Waals surface area contributed by atoms with Crippen LogP contribution >= 0.6 is 0 Å². The second kappa shape index (κ2) is 7.47. The van der Waals surface area contributed by atoms with Gasteiger partial charge in [-0.15, -0.1) is 5.10 Å². The zero-order chi connectivity index (χ0) is 14.3. The maximum absolute atomic E-state index is 11.5. The van der Waals surface area contributed by atoms with Crippen molar-refractivity contribution in [3.63, 3.8) is 0 Å². The second-order valence-corrected chi connectivity index (χ2v) is 4.47. The highest BCUT2D eigenvalue weighted by atomic mass is 16.4. The summed E-state index contributed by atoms with van der Waals surface area (Å²) in [6.45, 7) is 1.57. The van der Waals surface area contributed by atoms with Gasteiger partial charge in [-0.25, -0.2) is 9.48 Å². The quantitative estimate of drug-likeness (QED) is 0.613. The van der Waals surface area contributed by atoms with Gasteiger partial charge in [0.15, 0.2) is 5.69 Å². The van der Waals surface area contributed by atoms with E-state index in [0.717, 1.165) is 19.4 Å². The molecule has 2 N–H and O–H groups in total. The van der Waals surface area contributed by atoms with Crippen LogP contribution in [0.3, 0.4) is 0 Å². The van der Waals surface area contributed by atoms with Gasteiger partial charge in [0, 0.05) is 6.54 Å². The number of hydrogen-bond donors (Lipinski definition) is 2. The van der Waals surface area contributed by atoms with Gasteiger partial charge in [-0.2, -0.15) is 0 Å². The first kappa shape index (κ1) is 15.1. The number of hydrogen-bond acceptors (Lipinski definition) is 5. The van der Waals surface area contributed by atoms with E-state index in [1.807, 2.05) is 14.1 Å². The molecule has 106 valence electrons. The average Bonchev–Trinajstić information content (AvgIpc) is 2.76. The van der Waals surface area contributed by atoms with E-state index >= 15 is 0 Å². The van der Waals surface area contributed by atoms with E-state index in [0.29, 0.717) is 6.54 Å². The number of unbranched alkanes of at least 4 members (excludes halogenated alkanes) is 1. The number of aromatic nitrogens is 3. The summed E-state index contributed by atoms with van der Waals surface area (Å²) in [6.07, 6.45) is 3.15. The number of carboxylic acids is 1. The monoisotopic (exact) mass is 269 g/mol. The summed E-state index contributed by atoms with van der Waals surface area (Å²) < 4.78 is 1.21. The van der Waals surface area contributed by atoms with Crippen LogP contribution in [0.5, 0.6) is 0 Å². The lowest BCUT2D eigenvalue weighted by molar-refractivity contribution is -0.121. The molecular formula is C11H19N5O3. The van der Waals surface area contributed by atoms with Crippen LogP contribution in [0, 0.1) is 0 Å². The second-order valence-electron chi connectivity index (χ2n) is 4.47. The number of amides is 1. The molecule has 0 fully saturated rings. The third-order valence-corrected chi connectivity index (χ3v) is 2.42. The molecule has 1 rings (SSSR count). The predicted octanol–water partition coefficient (Wildman–Crippen LogP) is -0.566. The topological polar surface area (TPSA) is 100 Å². The minimum Gasteiger partial charge on any atom is -0.476 e. The summed E-state index contributed by atoms with van der Waals surface area (Å²) in [5.41, 5.74) is -0.168. The summed E-state index contributed by atoms with van der Waals surface area (Å²) in [4.78, 5) is 24.2. The Morgan fingerprint density at radius 2 is 2.16 bits per heavy atom. The number of carbonyl (C=O) groups excluding carboxylic acids is 1.